The van der Waals surface area contributed by atoms with E-state index in [4.69, 9.17) is 4.74 Å². The third kappa shape index (κ3) is 3.93. The molecule has 0 atom stereocenters. The first-order valence-corrected chi connectivity index (χ1v) is 6.69. The first kappa shape index (κ1) is 14.3. The molecule has 0 saturated heterocycles. The lowest BCUT2D eigenvalue weighted by atomic mass is 10.2. The Labute approximate surface area is 124 Å². The molecular weight excluding hydrogens is 322 g/mol. The average molecular weight is 334 g/mol. The van der Waals surface area contributed by atoms with Crippen LogP contribution in [0.1, 0.15) is 17.3 Å². The number of carbonyl (C=O) groups is 2. The Kier molecular flexibility index (Phi) is 4.53. The van der Waals surface area contributed by atoms with Crippen molar-refractivity contribution in [3.8, 4) is 5.75 Å². The molecular formula is C15H12BrNO3. The van der Waals surface area contributed by atoms with Gasteiger partial charge in [-0.05, 0) is 42.5 Å². The molecule has 0 radical (unpaired) electrons. The summed E-state index contributed by atoms with van der Waals surface area (Å²) < 4.78 is 5.88. The first-order chi connectivity index (χ1) is 9.54. The van der Waals surface area contributed by atoms with E-state index in [1.54, 1.807) is 30.3 Å². The molecule has 0 aliphatic carbocycles. The number of benzene rings is 2. The van der Waals surface area contributed by atoms with Crippen molar-refractivity contribution >= 4 is 33.5 Å². The highest BCUT2D eigenvalue weighted by Gasteiger charge is 2.08. The minimum Gasteiger partial charge on any atom is -0.427 e. The summed E-state index contributed by atoms with van der Waals surface area (Å²) in [5.41, 5.74) is 1.11. The van der Waals surface area contributed by atoms with Gasteiger partial charge in [0, 0.05) is 22.6 Å². The zero-order valence-corrected chi connectivity index (χ0v) is 12.3. The van der Waals surface area contributed by atoms with Crippen LogP contribution in [0.15, 0.2) is 53.0 Å². The van der Waals surface area contributed by atoms with E-state index in [-0.39, 0.29) is 5.91 Å². The second kappa shape index (κ2) is 6.34. The monoisotopic (exact) mass is 333 g/mol. The molecule has 0 unspecified atom stereocenters. The van der Waals surface area contributed by atoms with Crippen LogP contribution in [0.25, 0.3) is 0 Å². The van der Waals surface area contributed by atoms with E-state index < -0.39 is 5.97 Å². The van der Waals surface area contributed by atoms with Crippen molar-refractivity contribution < 1.29 is 14.3 Å². The maximum absolute atomic E-state index is 12.1. The van der Waals surface area contributed by atoms with Crippen LogP contribution < -0.4 is 10.1 Å². The molecule has 2 aromatic rings. The summed E-state index contributed by atoms with van der Waals surface area (Å²) in [5.74, 6) is -0.335. The topological polar surface area (TPSA) is 55.4 Å². The Bertz CT molecular complexity index is 638. The number of rotatable bonds is 3. The van der Waals surface area contributed by atoms with Crippen LogP contribution in [0.4, 0.5) is 5.69 Å². The predicted molar refractivity (Wildman–Crippen MR) is 79.8 cm³/mol. The summed E-state index contributed by atoms with van der Waals surface area (Å²) in [7, 11) is 0. The smallest absolute Gasteiger partial charge is 0.308 e. The normalized spacial score (nSPS) is 9.90. The number of ether oxygens (including phenoxy) is 1. The Morgan fingerprint density at radius 3 is 2.45 bits per heavy atom. The molecule has 0 heterocycles. The number of amides is 1. The SMILES string of the molecule is CC(=O)Oc1cccc(C(=O)Nc2ccc(Br)cc2)c1. The number of hydrogen-bond acceptors (Lipinski definition) is 3. The van der Waals surface area contributed by atoms with Crippen molar-refractivity contribution in [2.24, 2.45) is 0 Å². The van der Waals surface area contributed by atoms with Crippen LogP contribution in [-0.2, 0) is 4.79 Å². The van der Waals surface area contributed by atoms with Gasteiger partial charge in [-0.25, -0.2) is 0 Å². The van der Waals surface area contributed by atoms with E-state index in [0.29, 0.717) is 17.0 Å². The van der Waals surface area contributed by atoms with E-state index in [1.165, 1.54) is 13.0 Å². The van der Waals surface area contributed by atoms with Crippen LogP contribution in [0.3, 0.4) is 0 Å². The van der Waals surface area contributed by atoms with Gasteiger partial charge in [0.25, 0.3) is 5.91 Å². The molecule has 0 aliphatic heterocycles. The van der Waals surface area contributed by atoms with Gasteiger partial charge in [-0.3, -0.25) is 9.59 Å². The van der Waals surface area contributed by atoms with Crippen LogP contribution in [0, 0.1) is 0 Å². The third-order valence-corrected chi connectivity index (χ3v) is 2.99. The minimum atomic E-state index is -0.421. The van der Waals surface area contributed by atoms with Crippen molar-refractivity contribution in [1.82, 2.24) is 0 Å². The van der Waals surface area contributed by atoms with Gasteiger partial charge in [0.05, 0.1) is 0 Å². The van der Waals surface area contributed by atoms with Crippen LogP contribution in [0.2, 0.25) is 0 Å². The minimum absolute atomic E-state index is 0.263. The highest BCUT2D eigenvalue weighted by molar-refractivity contribution is 9.10. The second-order valence-electron chi connectivity index (χ2n) is 4.08. The van der Waals surface area contributed by atoms with Gasteiger partial charge in [-0.15, -0.1) is 0 Å². The number of anilines is 1. The molecule has 5 heteroatoms. The van der Waals surface area contributed by atoms with Crippen molar-refractivity contribution in [2.75, 3.05) is 5.32 Å². The molecule has 1 amide bonds. The zero-order valence-electron chi connectivity index (χ0n) is 10.7. The van der Waals surface area contributed by atoms with Gasteiger partial charge in [0.1, 0.15) is 5.75 Å². The van der Waals surface area contributed by atoms with Gasteiger partial charge >= 0.3 is 5.97 Å². The standard InChI is InChI=1S/C15H12BrNO3/c1-10(18)20-14-4-2-3-11(9-14)15(19)17-13-7-5-12(16)6-8-13/h2-9H,1H3,(H,17,19). The fourth-order valence-corrected chi connectivity index (χ4v) is 1.87. The molecule has 0 aromatic heterocycles. The Balaban J connectivity index is 2.12. The van der Waals surface area contributed by atoms with Crippen LogP contribution >= 0.6 is 15.9 Å². The van der Waals surface area contributed by atoms with Crippen molar-refractivity contribution in [2.45, 2.75) is 6.92 Å². The predicted octanol–water partition coefficient (Wildman–Crippen LogP) is 3.63. The van der Waals surface area contributed by atoms with E-state index in [2.05, 4.69) is 21.2 Å². The third-order valence-electron chi connectivity index (χ3n) is 2.46. The molecule has 0 aliphatic rings. The Morgan fingerprint density at radius 2 is 1.80 bits per heavy atom. The maximum atomic E-state index is 12.1. The number of nitrogens with one attached hydrogen (secondary N) is 1. The van der Waals surface area contributed by atoms with Gasteiger partial charge < -0.3 is 10.1 Å². The van der Waals surface area contributed by atoms with Gasteiger partial charge in [-0.2, -0.15) is 0 Å². The molecule has 102 valence electrons. The van der Waals surface area contributed by atoms with Crippen LogP contribution in [-0.4, -0.2) is 11.9 Å². The highest BCUT2D eigenvalue weighted by atomic mass is 79.9. The molecule has 2 aromatic carbocycles. The fraction of sp³-hybridized carbons (Fsp3) is 0.0667. The Morgan fingerprint density at radius 1 is 1.10 bits per heavy atom. The summed E-state index contributed by atoms with van der Waals surface area (Å²) in [6, 6.07) is 13.7. The number of hydrogen-bond donors (Lipinski definition) is 1. The molecule has 0 fully saturated rings. The number of carbonyl (C=O) groups excluding carboxylic acids is 2. The molecule has 0 bridgehead atoms. The summed E-state index contributed by atoms with van der Waals surface area (Å²) in [4.78, 5) is 23.0. The van der Waals surface area contributed by atoms with Gasteiger partial charge in [0.15, 0.2) is 0 Å². The summed E-state index contributed by atoms with van der Waals surface area (Å²) in [6.07, 6.45) is 0. The highest BCUT2D eigenvalue weighted by Crippen LogP contribution is 2.17. The van der Waals surface area contributed by atoms with Crippen molar-refractivity contribution in [3.63, 3.8) is 0 Å². The molecule has 2 rings (SSSR count). The van der Waals surface area contributed by atoms with Crippen LogP contribution in [0.5, 0.6) is 5.75 Å². The first-order valence-electron chi connectivity index (χ1n) is 5.90. The molecule has 0 spiro atoms. The lowest BCUT2D eigenvalue weighted by molar-refractivity contribution is -0.131. The van der Waals surface area contributed by atoms with Gasteiger partial charge in [-0.1, -0.05) is 22.0 Å². The average Bonchev–Trinajstić information content (AvgIpc) is 2.41. The molecule has 20 heavy (non-hydrogen) atoms. The largest absolute Gasteiger partial charge is 0.427 e. The van der Waals surface area contributed by atoms with Crippen molar-refractivity contribution in [1.29, 1.82) is 0 Å². The fourth-order valence-electron chi connectivity index (χ4n) is 1.60. The Hall–Kier alpha value is -2.14. The lowest BCUT2D eigenvalue weighted by Crippen LogP contribution is -2.12. The summed E-state index contributed by atoms with van der Waals surface area (Å²) >= 11 is 3.33. The van der Waals surface area contributed by atoms with Gasteiger partial charge in [0.2, 0.25) is 0 Å². The summed E-state index contributed by atoms with van der Waals surface area (Å²) in [6.45, 7) is 1.31. The van der Waals surface area contributed by atoms with E-state index in [9.17, 15) is 9.59 Å². The van der Waals surface area contributed by atoms with E-state index >= 15 is 0 Å². The van der Waals surface area contributed by atoms with E-state index in [1.807, 2.05) is 12.1 Å². The zero-order chi connectivity index (χ0) is 14.5. The maximum Gasteiger partial charge on any atom is 0.308 e. The number of halogens is 1. The molecule has 0 saturated carbocycles. The molecule has 1 N–H and O–H groups in total. The van der Waals surface area contributed by atoms with Crippen molar-refractivity contribution in [3.05, 3.63) is 58.6 Å². The quantitative estimate of drug-likeness (QED) is 0.689. The lowest BCUT2D eigenvalue weighted by Gasteiger charge is -2.07. The summed E-state index contributed by atoms with van der Waals surface area (Å²) in [5, 5.41) is 2.77. The van der Waals surface area contributed by atoms with E-state index in [0.717, 1.165) is 4.47 Å². The molecule has 4 nitrogen and oxygen atoms in total. The number of esters is 1. The second-order valence-corrected chi connectivity index (χ2v) is 5.00.